The lowest BCUT2D eigenvalue weighted by Crippen LogP contribution is -2.45. The van der Waals surface area contributed by atoms with Crippen molar-refractivity contribution in [2.75, 3.05) is 13.1 Å². The van der Waals surface area contributed by atoms with Crippen molar-refractivity contribution in [2.24, 2.45) is 7.05 Å². The van der Waals surface area contributed by atoms with Crippen LogP contribution in [0.4, 0.5) is 0 Å². The summed E-state index contributed by atoms with van der Waals surface area (Å²) in [5, 5.41) is 3.16. The third-order valence-electron chi connectivity index (χ3n) is 3.69. The maximum Gasteiger partial charge on any atom is 0.419 e. The molecule has 0 radical (unpaired) electrons. The molecule has 3 rings (SSSR count). The fourth-order valence-electron chi connectivity index (χ4n) is 2.52. The maximum atomic E-state index is 12.4. The minimum Gasteiger partial charge on any atom is -0.408 e. The average Bonchev–Trinajstić information content (AvgIpc) is 2.74. The third-order valence-corrected chi connectivity index (χ3v) is 5.21. The Bertz CT molecular complexity index is 816. The van der Waals surface area contributed by atoms with Crippen LogP contribution in [-0.2, 0) is 17.1 Å². The van der Waals surface area contributed by atoms with Crippen molar-refractivity contribution in [3.05, 3.63) is 28.7 Å². The van der Waals surface area contributed by atoms with Crippen LogP contribution in [0.5, 0.6) is 0 Å². The molecule has 21 heavy (non-hydrogen) atoms. The van der Waals surface area contributed by atoms with Gasteiger partial charge in [0.2, 0.25) is 10.0 Å². The number of fused-ring (bicyclic) bond motifs is 1. The van der Waals surface area contributed by atoms with Gasteiger partial charge < -0.3 is 9.73 Å². The van der Waals surface area contributed by atoms with Gasteiger partial charge in [-0.2, -0.15) is 0 Å². The molecule has 0 spiro atoms. The van der Waals surface area contributed by atoms with Gasteiger partial charge in [0.25, 0.3) is 0 Å². The van der Waals surface area contributed by atoms with Crippen LogP contribution in [-0.4, -0.2) is 32.1 Å². The minimum absolute atomic E-state index is 0.106. The first-order valence-corrected chi connectivity index (χ1v) is 8.28. The molecular formula is C13H17N3O4S. The lowest BCUT2D eigenvalue weighted by atomic mass is 10.1. The highest BCUT2D eigenvalue weighted by Crippen LogP contribution is 2.18. The Labute approximate surface area is 122 Å². The number of rotatable bonds is 3. The van der Waals surface area contributed by atoms with Gasteiger partial charge in [-0.1, -0.05) is 0 Å². The molecule has 0 bridgehead atoms. The number of oxazole rings is 1. The molecule has 2 aromatic rings. The van der Waals surface area contributed by atoms with Crippen LogP contribution in [0.3, 0.4) is 0 Å². The second-order valence-corrected chi connectivity index (χ2v) is 6.94. The number of benzene rings is 1. The number of nitrogens with one attached hydrogen (secondary N) is 2. The predicted octanol–water partition coefficient (Wildman–Crippen LogP) is 0.162. The van der Waals surface area contributed by atoms with Crippen molar-refractivity contribution in [3.63, 3.8) is 0 Å². The molecule has 1 atom stereocenters. The Kier molecular flexibility index (Phi) is 3.60. The summed E-state index contributed by atoms with van der Waals surface area (Å²) in [7, 11) is -2.04. The van der Waals surface area contributed by atoms with E-state index in [1.54, 1.807) is 13.1 Å². The SMILES string of the molecule is Cn1c(=O)oc2cc(S(=O)(=O)N[C@@H]3CCCNC3)ccc21. The van der Waals surface area contributed by atoms with E-state index in [1.165, 1.54) is 16.7 Å². The monoisotopic (exact) mass is 311 g/mol. The lowest BCUT2D eigenvalue weighted by molar-refractivity contribution is 0.428. The highest BCUT2D eigenvalue weighted by Gasteiger charge is 2.22. The quantitative estimate of drug-likeness (QED) is 0.842. The molecule has 0 unspecified atom stereocenters. The highest BCUT2D eigenvalue weighted by molar-refractivity contribution is 7.89. The summed E-state index contributed by atoms with van der Waals surface area (Å²) in [5.41, 5.74) is 0.838. The van der Waals surface area contributed by atoms with Crippen molar-refractivity contribution >= 4 is 21.1 Å². The number of hydrogen-bond acceptors (Lipinski definition) is 5. The zero-order chi connectivity index (χ0) is 15.0. The Hall–Kier alpha value is -1.64. The molecule has 1 aliphatic rings. The van der Waals surface area contributed by atoms with Crippen molar-refractivity contribution < 1.29 is 12.8 Å². The van der Waals surface area contributed by atoms with Gasteiger partial charge in [0.05, 0.1) is 10.4 Å². The Balaban J connectivity index is 1.92. The van der Waals surface area contributed by atoms with Gasteiger partial charge in [0.15, 0.2) is 5.58 Å². The molecule has 1 fully saturated rings. The van der Waals surface area contributed by atoms with E-state index in [9.17, 15) is 13.2 Å². The third kappa shape index (κ3) is 2.74. The maximum absolute atomic E-state index is 12.4. The Morgan fingerprint density at radius 1 is 1.43 bits per heavy atom. The largest absolute Gasteiger partial charge is 0.419 e. The molecule has 2 heterocycles. The minimum atomic E-state index is -3.62. The number of aromatic nitrogens is 1. The first-order valence-electron chi connectivity index (χ1n) is 6.80. The number of nitrogens with zero attached hydrogens (tertiary/aromatic N) is 1. The second-order valence-electron chi connectivity index (χ2n) is 5.22. The van der Waals surface area contributed by atoms with Gasteiger partial charge in [0, 0.05) is 25.7 Å². The topological polar surface area (TPSA) is 93.3 Å². The number of sulfonamides is 1. The van der Waals surface area contributed by atoms with Crippen LogP contribution in [0.15, 0.2) is 32.3 Å². The summed E-state index contributed by atoms with van der Waals surface area (Å²) in [6, 6.07) is 4.33. The Morgan fingerprint density at radius 2 is 2.24 bits per heavy atom. The van der Waals surface area contributed by atoms with Crippen LogP contribution >= 0.6 is 0 Å². The molecule has 114 valence electrons. The molecule has 1 saturated heterocycles. The van der Waals surface area contributed by atoms with E-state index in [0.717, 1.165) is 19.4 Å². The van der Waals surface area contributed by atoms with Crippen molar-refractivity contribution in [1.29, 1.82) is 0 Å². The van der Waals surface area contributed by atoms with Crippen LogP contribution in [0.1, 0.15) is 12.8 Å². The number of piperidine rings is 1. The summed E-state index contributed by atoms with van der Waals surface area (Å²) in [6.07, 6.45) is 1.76. The van der Waals surface area contributed by atoms with E-state index in [4.69, 9.17) is 4.42 Å². The summed E-state index contributed by atoms with van der Waals surface area (Å²) in [5.74, 6) is -0.510. The van der Waals surface area contributed by atoms with Crippen molar-refractivity contribution in [1.82, 2.24) is 14.6 Å². The van der Waals surface area contributed by atoms with Crippen LogP contribution in [0.25, 0.3) is 11.1 Å². The molecule has 7 nitrogen and oxygen atoms in total. The number of aryl methyl sites for hydroxylation is 1. The van der Waals surface area contributed by atoms with E-state index in [2.05, 4.69) is 10.0 Å². The zero-order valence-electron chi connectivity index (χ0n) is 11.6. The van der Waals surface area contributed by atoms with Crippen LogP contribution in [0.2, 0.25) is 0 Å². The summed E-state index contributed by atoms with van der Waals surface area (Å²) in [6.45, 7) is 1.54. The average molecular weight is 311 g/mol. The predicted molar refractivity (Wildman–Crippen MR) is 77.7 cm³/mol. The molecule has 1 aromatic carbocycles. The lowest BCUT2D eigenvalue weighted by Gasteiger charge is -2.23. The molecule has 2 N–H and O–H groups in total. The van der Waals surface area contributed by atoms with Gasteiger partial charge >= 0.3 is 5.76 Å². The summed E-state index contributed by atoms with van der Waals surface area (Å²) >= 11 is 0. The smallest absolute Gasteiger partial charge is 0.408 e. The van der Waals surface area contributed by atoms with E-state index >= 15 is 0 Å². The van der Waals surface area contributed by atoms with Gasteiger partial charge in [-0.05, 0) is 31.5 Å². The summed E-state index contributed by atoms with van der Waals surface area (Å²) < 4.78 is 33.8. The molecule has 0 amide bonds. The van der Waals surface area contributed by atoms with Crippen LogP contribution < -0.4 is 15.8 Å². The molecule has 0 saturated carbocycles. The number of hydrogen-bond donors (Lipinski definition) is 2. The van der Waals surface area contributed by atoms with Gasteiger partial charge in [-0.3, -0.25) is 4.57 Å². The fourth-order valence-corrected chi connectivity index (χ4v) is 3.81. The van der Waals surface area contributed by atoms with Gasteiger partial charge in [-0.15, -0.1) is 0 Å². The van der Waals surface area contributed by atoms with Gasteiger partial charge in [-0.25, -0.2) is 17.9 Å². The van der Waals surface area contributed by atoms with E-state index in [-0.39, 0.29) is 16.5 Å². The second kappa shape index (κ2) is 5.28. The molecule has 0 aliphatic carbocycles. The van der Waals surface area contributed by atoms with Crippen LogP contribution in [0, 0.1) is 0 Å². The van der Waals surface area contributed by atoms with E-state index in [1.807, 2.05) is 0 Å². The van der Waals surface area contributed by atoms with Crippen molar-refractivity contribution in [3.8, 4) is 0 Å². The normalized spacial score (nSPS) is 20.0. The molecule has 1 aromatic heterocycles. The first-order chi connectivity index (χ1) is 9.97. The fraction of sp³-hybridized carbons (Fsp3) is 0.462. The highest BCUT2D eigenvalue weighted by atomic mass is 32.2. The van der Waals surface area contributed by atoms with E-state index in [0.29, 0.717) is 12.1 Å². The molecular weight excluding hydrogens is 294 g/mol. The standard InChI is InChI=1S/C13H17N3O4S/c1-16-11-5-4-10(7-12(11)20-13(16)17)21(18,19)15-9-3-2-6-14-8-9/h4-5,7,9,14-15H,2-3,6,8H2,1H3/t9-/m1/s1. The first kappa shape index (κ1) is 14.3. The van der Waals surface area contributed by atoms with E-state index < -0.39 is 15.8 Å². The van der Waals surface area contributed by atoms with Crippen molar-refractivity contribution in [2.45, 2.75) is 23.8 Å². The molecule has 8 heteroatoms. The van der Waals surface area contributed by atoms with Gasteiger partial charge in [0.1, 0.15) is 0 Å². The zero-order valence-corrected chi connectivity index (χ0v) is 12.4. The molecule has 1 aliphatic heterocycles. The summed E-state index contributed by atoms with van der Waals surface area (Å²) in [4.78, 5) is 11.5. The Morgan fingerprint density at radius 3 is 2.95 bits per heavy atom.